The quantitative estimate of drug-likeness (QED) is 0.771. The number of carbonyl (C=O) groups is 2. The maximum atomic E-state index is 13.0. The summed E-state index contributed by atoms with van der Waals surface area (Å²) in [4.78, 5) is 26.9. The van der Waals surface area contributed by atoms with Crippen molar-refractivity contribution in [3.8, 4) is 0 Å². The topological polar surface area (TPSA) is 49.4 Å². The molecule has 1 atom stereocenters. The summed E-state index contributed by atoms with van der Waals surface area (Å²) in [6.45, 7) is 2.41. The average molecular weight is 373 g/mol. The first kappa shape index (κ1) is 20.0. The van der Waals surface area contributed by atoms with E-state index in [0.717, 1.165) is 11.1 Å². The number of halogens is 1. The number of carbonyl (C=O) groups excluding carboxylic acids is 2. The summed E-state index contributed by atoms with van der Waals surface area (Å²) >= 11 is 6.02. The molecule has 0 fully saturated rings. The molecule has 0 aliphatic carbocycles. The van der Waals surface area contributed by atoms with E-state index in [1.54, 1.807) is 24.1 Å². The highest BCUT2D eigenvalue weighted by Crippen LogP contribution is 2.15. The summed E-state index contributed by atoms with van der Waals surface area (Å²) in [6.07, 6.45) is 1.49. The lowest BCUT2D eigenvalue weighted by atomic mass is 10.1. The largest absolute Gasteiger partial charge is 0.357 e. The van der Waals surface area contributed by atoms with Gasteiger partial charge in [-0.1, -0.05) is 61.0 Å². The van der Waals surface area contributed by atoms with E-state index >= 15 is 0 Å². The normalized spacial score (nSPS) is 11.7. The summed E-state index contributed by atoms with van der Waals surface area (Å²) in [7, 11) is 1.60. The molecule has 26 heavy (non-hydrogen) atoms. The number of nitrogens with zero attached hydrogens (tertiary/aromatic N) is 1. The van der Waals surface area contributed by atoms with Crippen LogP contribution in [0.5, 0.6) is 0 Å². The van der Waals surface area contributed by atoms with Crippen LogP contribution in [-0.4, -0.2) is 36.3 Å². The van der Waals surface area contributed by atoms with Gasteiger partial charge in [-0.05, 0) is 36.1 Å². The van der Waals surface area contributed by atoms with E-state index in [-0.39, 0.29) is 18.2 Å². The van der Waals surface area contributed by atoms with Crippen molar-refractivity contribution in [2.24, 2.45) is 0 Å². The van der Waals surface area contributed by atoms with Crippen LogP contribution < -0.4 is 5.32 Å². The molecule has 2 amide bonds. The van der Waals surface area contributed by atoms with Crippen molar-refractivity contribution in [3.05, 3.63) is 70.7 Å². The van der Waals surface area contributed by atoms with Gasteiger partial charge in [0.1, 0.15) is 6.04 Å². The van der Waals surface area contributed by atoms with Gasteiger partial charge in [0.05, 0.1) is 6.42 Å². The summed E-state index contributed by atoms with van der Waals surface area (Å²) < 4.78 is 0. The maximum absolute atomic E-state index is 13.0. The number of hydrogen-bond acceptors (Lipinski definition) is 2. The monoisotopic (exact) mass is 372 g/mol. The summed E-state index contributed by atoms with van der Waals surface area (Å²) in [5, 5.41) is 3.27. The molecule has 1 N–H and O–H groups in total. The van der Waals surface area contributed by atoms with Crippen LogP contribution in [0.3, 0.4) is 0 Å². The highest BCUT2D eigenvalue weighted by molar-refractivity contribution is 6.30. The van der Waals surface area contributed by atoms with Gasteiger partial charge in [-0.3, -0.25) is 9.59 Å². The molecule has 0 bridgehead atoms. The Hall–Kier alpha value is -2.33. The number of hydrogen-bond donors (Lipinski definition) is 1. The summed E-state index contributed by atoms with van der Waals surface area (Å²) in [6, 6.07) is 16.8. The third kappa shape index (κ3) is 5.60. The molecule has 2 rings (SSSR count). The van der Waals surface area contributed by atoms with Crippen LogP contribution >= 0.6 is 11.6 Å². The van der Waals surface area contributed by atoms with Crippen LogP contribution in [0, 0.1) is 0 Å². The molecule has 4 nitrogen and oxygen atoms in total. The van der Waals surface area contributed by atoms with E-state index < -0.39 is 6.04 Å². The van der Waals surface area contributed by atoms with E-state index in [4.69, 9.17) is 11.6 Å². The number of nitrogens with one attached hydrogen (secondary N) is 1. The maximum Gasteiger partial charge on any atom is 0.242 e. The lowest BCUT2D eigenvalue weighted by molar-refractivity contribution is -0.140. The fraction of sp³-hybridized carbons (Fsp3) is 0.333. The minimum Gasteiger partial charge on any atom is -0.357 e. The van der Waals surface area contributed by atoms with Crippen molar-refractivity contribution < 1.29 is 9.59 Å². The van der Waals surface area contributed by atoms with Crippen LogP contribution in [-0.2, 0) is 22.4 Å². The highest BCUT2D eigenvalue weighted by atomic mass is 35.5. The molecule has 2 aromatic carbocycles. The lowest BCUT2D eigenvalue weighted by Crippen LogP contribution is -2.49. The Kier molecular flexibility index (Phi) is 7.67. The zero-order chi connectivity index (χ0) is 18.9. The van der Waals surface area contributed by atoms with Crippen molar-refractivity contribution in [2.45, 2.75) is 32.2 Å². The number of likely N-dealkylation sites (N-methyl/N-ethyl adjacent to an activating group) is 1. The second kappa shape index (κ2) is 9.97. The van der Waals surface area contributed by atoms with E-state index in [0.29, 0.717) is 24.4 Å². The number of amides is 2. The second-order valence-electron chi connectivity index (χ2n) is 6.17. The van der Waals surface area contributed by atoms with Gasteiger partial charge < -0.3 is 10.2 Å². The van der Waals surface area contributed by atoms with Gasteiger partial charge in [0.15, 0.2) is 0 Å². The molecular formula is C21H25ClN2O2. The van der Waals surface area contributed by atoms with Gasteiger partial charge in [0.2, 0.25) is 11.8 Å². The zero-order valence-corrected chi connectivity index (χ0v) is 16.0. The van der Waals surface area contributed by atoms with E-state index in [9.17, 15) is 9.59 Å². The van der Waals surface area contributed by atoms with Crippen molar-refractivity contribution >= 4 is 23.4 Å². The molecule has 0 saturated heterocycles. The molecule has 0 aliphatic heterocycles. The molecule has 0 aromatic heterocycles. The SMILES string of the molecule is CC[C@H](C(=O)NC)N(CCc1ccccc1)C(=O)Cc1cccc(Cl)c1. The first-order chi connectivity index (χ1) is 12.5. The predicted octanol–water partition coefficient (Wildman–Crippen LogP) is 3.48. The Morgan fingerprint density at radius 3 is 2.38 bits per heavy atom. The molecule has 0 aliphatic rings. The van der Waals surface area contributed by atoms with Crippen LogP contribution in [0.4, 0.5) is 0 Å². The van der Waals surface area contributed by atoms with Crippen LogP contribution in [0.15, 0.2) is 54.6 Å². The molecule has 0 unspecified atom stereocenters. The minimum atomic E-state index is -0.476. The Balaban J connectivity index is 2.17. The number of benzene rings is 2. The van der Waals surface area contributed by atoms with Gasteiger partial charge in [-0.2, -0.15) is 0 Å². The molecular weight excluding hydrogens is 348 g/mol. The molecule has 0 heterocycles. The van der Waals surface area contributed by atoms with Crippen molar-refractivity contribution in [2.75, 3.05) is 13.6 Å². The van der Waals surface area contributed by atoms with Gasteiger partial charge >= 0.3 is 0 Å². The zero-order valence-electron chi connectivity index (χ0n) is 15.2. The first-order valence-corrected chi connectivity index (χ1v) is 9.22. The summed E-state index contributed by atoms with van der Waals surface area (Å²) in [5.41, 5.74) is 1.98. The smallest absolute Gasteiger partial charge is 0.242 e. The third-order valence-electron chi connectivity index (χ3n) is 4.36. The van der Waals surface area contributed by atoms with Gasteiger partial charge in [0, 0.05) is 18.6 Å². The highest BCUT2D eigenvalue weighted by Gasteiger charge is 2.27. The fourth-order valence-electron chi connectivity index (χ4n) is 2.99. The lowest BCUT2D eigenvalue weighted by Gasteiger charge is -2.30. The van der Waals surface area contributed by atoms with E-state index in [2.05, 4.69) is 5.32 Å². The van der Waals surface area contributed by atoms with Gasteiger partial charge in [-0.15, -0.1) is 0 Å². The van der Waals surface area contributed by atoms with E-state index in [1.807, 2.05) is 49.4 Å². The van der Waals surface area contributed by atoms with Crippen molar-refractivity contribution in [1.29, 1.82) is 0 Å². The summed E-state index contributed by atoms with van der Waals surface area (Å²) in [5.74, 6) is -0.210. The second-order valence-corrected chi connectivity index (χ2v) is 6.60. The molecule has 0 radical (unpaired) electrons. The first-order valence-electron chi connectivity index (χ1n) is 8.84. The number of rotatable bonds is 8. The van der Waals surface area contributed by atoms with Crippen LogP contribution in [0.25, 0.3) is 0 Å². The van der Waals surface area contributed by atoms with Crippen LogP contribution in [0.1, 0.15) is 24.5 Å². The Labute approximate surface area is 160 Å². The molecule has 0 saturated carbocycles. The molecule has 138 valence electrons. The molecule has 5 heteroatoms. The molecule has 2 aromatic rings. The fourth-order valence-corrected chi connectivity index (χ4v) is 3.20. The van der Waals surface area contributed by atoms with E-state index in [1.165, 1.54) is 0 Å². The third-order valence-corrected chi connectivity index (χ3v) is 4.60. The minimum absolute atomic E-state index is 0.0707. The Morgan fingerprint density at radius 1 is 1.08 bits per heavy atom. The molecule has 0 spiro atoms. The van der Waals surface area contributed by atoms with Gasteiger partial charge in [0.25, 0.3) is 0 Å². The standard InChI is InChI=1S/C21H25ClN2O2/c1-3-19(21(26)23-2)24(13-12-16-8-5-4-6-9-16)20(25)15-17-10-7-11-18(22)14-17/h4-11,14,19H,3,12-13,15H2,1-2H3,(H,23,26)/t19-/m1/s1. The van der Waals surface area contributed by atoms with Crippen molar-refractivity contribution in [3.63, 3.8) is 0 Å². The predicted molar refractivity (Wildman–Crippen MR) is 105 cm³/mol. The Bertz CT molecular complexity index is 734. The van der Waals surface area contributed by atoms with Crippen LogP contribution in [0.2, 0.25) is 5.02 Å². The average Bonchev–Trinajstić information content (AvgIpc) is 2.65. The van der Waals surface area contributed by atoms with Crippen molar-refractivity contribution in [1.82, 2.24) is 10.2 Å². The Morgan fingerprint density at radius 2 is 1.77 bits per heavy atom. The van der Waals surface area contributed by atoms with Gasteiger partial charge in [-0.25, -0.2) is 0 Å².